The quantitative estimate of drug-likeness (QED) is 0.482. The van der Waals surface area contributed by atoms with Crippen molar-refractivity contribution in [2.24, 2.45) is 17.6 Å². The third-order valence-corrected chi connectivity index (χ3v) is 7.54. The van der Waals surface area contributed by atoms with Gasteiger partial charge in [0, 0.05) is 36.3 Å². The first-order valence-corrected chi connectivity index (χ1v) is 12.1. The van der Waals surface area contributed by atoms with E-state index in [2.05, 4.69) is 20.9 Å². The molecule has 0 spiro atoms. The number of benzene rings is 1. The summed E-state index contributed by atoms with van der Waals surface area (Å²) < 4.78 is 0. The lowest BCUT2D eigenvalue weighted by Gasteiger charge is -2.28. The Morgan fingerprint density at radius 3 is 2.76 bits per heavy atom. The zero-order valence-electron chi connectivity index (χ0n) is 19.0. The summed E-state index contributed by atoms with van der Waals surface area (Å²) in [5.41, 5.74) is 8.23. The molecule has 34 heavy (non-hydrogen) atoms. The van der Waals surface area contributed by atoms with E-state index in [-0.39, 0.29) is 16.5 Å². The van der Waals surface area contributed by atoms with E-state index in [1.807, 2.05) is 24.3 Å². The monoisotopic (exact) mass is 453 g/mol. The predicted molar refractivity (Wildman–Crippen MR) is 134 cm³/mol. The van der Waals surface area contributed by atoms with Crippen molar-refractivity contribution in [3.8, 4) is 11.3 Å². The standard InChI is InChI=1S/C27H27N5O2/c28-26(34)25-24-21(10-11-29-25)30-22(14-23(24)33)19-13-17-5-1-2-9-20(17)31-27(19)32-12-4-8-16-6-3-7-18(16)15-32/h1-2,5,9-11,13-14,16,18H,3-4,6-8,12,15H2,(H2,28,34)(H,30,33)/t16-,18-/m1/s1. The molecular formula is C27H27N5O2. The summed E-state index contributed by atoms with van der Waals surface area (Å²) in [6, 6.07) is 13.4. The van der Waals surface area contributed by atoms with Crippen LogP contribution in [0, 0.1) is 11.8 Å². The highest BCUT2D eigenvalue weighted by atomic mass is 16.1. The van der Waals surface area contributed by atoms with Gasteiger partial charge in [-0.3, -0.25) is 14.6 Å². The van der Waals surface area contributed by atoms with Crippen molar-refractivity contribution < 1.29 is 4.79 Å². The Morgan fingerprint density at radius 1 is 1.06 bits per heavy atom. The highest BCUT2D eigenvalue weighted by Crippen LogP contribution is 2.40. The van der Waals surface area contributed by atoms with Crippen LogP contribution in [0.5, 0.6) is 0 Å². The van der Waals surface area contributed by atoms with Crippen LogP contribution in [0.1, 0.15) is 42.6 Å². The molecule has 3 aromatic heterocycles. The van der Waals surface area contributed by atoms with Gasteiger partial charge in [0.1, 0.15) is 11.5 Å². The molecule has 1 amide bonds. The first kappa shape index (κ1) is 20.8. The summed E-state index contributed by atoms with van der Waals surface area (Å²) >= 11 is 0. The van der Waals surface area contributed by atoms with Gasteiger partial charge < -0.3 is 15.6 Å². The Morgan fingerprint density at radius 2 is 1.88 bits per heavy atom. The zero-order chi connectivity index (χ0) is 23.2. The van der Waals surface area contributed by atoms with E-state index in [9.17, 15) is 9.59 Å². The van der Waals surface area contributed by atoms with Gasteiger partial charge in [-0.2, -0.15) is 0 Å². The molecule has 172 valence electrons. The number of carbonyl (C=O) groups excluding carboxylic acids is 1. The number of nitrogens with one attached hydrogen (secondary N) is 1. The largest absolute Gasteiger partial charge is 0.364 e. The number of hydrogen-bond acceptors (Lipinski definition) is 5. The van der Waals surface area contributed by atoms with Gasteiger partial charge in [0.2, 0.25) is 0 Å². The van der Waals surface area contributed by atoms with Crippen LogP contribution in [0.4, 0.5) is 5.82 Å². The number of pyridine rings is 3. The maximum atomic E-state index is 13.2. The predicted octanol–water partition coefficient (Wildman–Crippen LogP) is 4.25. The van der Waals surface area contributed by atoms with E-state index in [1.165, 1.54) is 31.9 Å². The molecule has 7 nitrogen and oxygen atoms in total. The molecule has 4 heterocycles. The minimum atomic E-state index is -0.715. The van der Waals surface area contributed by atoms with Gasteiger partial charge in [0.05, 0.1) is 22.1 Å². The summed E-state index contributed by atoms with van der Waals surface area (Å²) in [5.74, 6) is 1.70. The number of nitrogens with zero attached hydrogens (tertiary/aromatic N) is 3. The van der Waals surface area contributed by atoms with Crippen LogP contribution in [-0.2, 0) is 0 Å². The van der Waals surface area contributed by atoms with Crippen LogP contribution < -0.4 is 16.1 Å². The zero-order valence-corrected chi connectivity index (χ0v) is 19.0. The molecule has 1 aliphatic carbocycles. The van der Waals surface area contributed by atoms with E-state index >= 15 is 0 Å². The molecule has 1 saturated heterocycles. The first-order chi connectivity index (χ1) is 16.6. The van der Waals surface area contributed by atoms with Gasteiger partial charge in [-0.05, 0) is 49.3 Å². The Labute approximate surface area is 197 Å². The molecule has 2 fully saturated rings. The Hall–Kier alpha value is -3.74. The SMILES string of the molecule is NC(=O)c1nccc2[nH]c(-c3cc4ccccc4nc3N3CCC[C@H]4CCC[C@@H]4C3)cc(=O)c12. The third-order valence-electron chi connectivity index (χ3n) is 7.54. The number of H-pyrrole nitrogens is 1. The topological polar surface area (TPSA) is 105 Å². The molecule has 1 saturated carbocycles. The fourth-order valence-electron chi connectivity index (χ4n) is 5.92. The molecule has 0 radical (unpaired) electrons. The molecule has 7 heteroatoms. The highest BCUT2D eigenvalue weighted by Gasteiger charge is 2.32. The number of aromatic amines is 1. The second-order valence-electron chi connectivity index (χ2n) is 9.59. The molecule has 0 unspecified atom stereocenters. The second kappa shape index (κ2) is 8.24. The van der Waals surface area contributed by atoms with Crippen LogP contribution in [-0.4, -0.2) is 33.9 Å². The molecule has 6 rings (SSSR count). The van der Waals surface area contributed by atoms with Gasteiger partial charge >= 0.3 is 0 Å². The van der Waals surface area contributed by atoms with Crippen LogP contribution in [0.25, 0.3) is 33.1 Å². The molecule has 1 aromatic carbocycles. The van der Waals surface area contributed by atoms with Crippen LogP contribution >= 0.6 is 0 Å². The molecule has 4 aromatic rings. The number of rotatable bonds is 3. The normalized spacial score (nSPS) is 20.4. The van der Waals surface area contributed by atoms with Gasteiger partial charge in [0.15, 0.2) is 5.43 Å². The molecule has 2 aliphatic rings. The maximum Gasteiger partial charge on any atom is 0.268 e. The van der Waals surface area contributed by atoms with Crippen molar-refractivity contribution in [2.45, 2.75) is 32.1 Å². The van der Waals surface area contributed by atoms with E-state index < -0.39 is 5.91 Å². The smallest absolute Gasteiger partial charge is 0.268 e. The Bertz CT molecular complexity index is 1480. The summed E-state index contributed by atoms with van der Waals surface area (Å²) in [4.78, 5) is 39.9. The number of primary amides is 1. The van der Waals surface area contributed by atoms with Crippen LogP contribution in [0.2, 0.25) is 0 Å². The van der Waals surface area contributed by atoms with Crippen LogP contribution in [0.15, 0.2) is 53.5 Å². The van der Waals surface area contributed by atoms with E-state index in [4.69, 9.17) is 10.7 Å². The fourth-order valence-corrected chi connectivity index (χ4v) is 5.92. The number of carbonyl (C=O) groups is 1. The highest BCUT2D eigenvalue weighted by molar-refractivity contribution is 6.04. The van der Waals surface area contributed by atoms with Gasteiger partial charge in [-0.25, -0.2) is 4.98 Å². The summed E-state index contributed by atoms with van der Waals surface area (Å²) in [5, 5.41) is 1.24. The lowest BCUT2D eigenvalue weighted by molar-refractivity contribution is 0.0997. The number of fused-ring (bicyclic) bond motifs is 3. The van der Waals surface area contributed by atoms with Crippen LogP contribution in [0.3, 0.4) is 0 Å². The lowest BCUT2D eigenvalue weighted by Crippen LogP contribution is -2.30. The van der Waals surface area contributed by atoms with Crippen molar-refractivity contribution in [1.82, 2.24) is 15.0 Å². The summed E-state index contributed by atoms with van der Waals surface area (Å²) in [6.07, 6.45) is 7.85. The lowest BCUT2D eigenvalue weighted by atomic mass is 9.93. The molecule has 3 N–H and O–H groups in total. The van der Waals surface area contributed by atoms with Crippen molar-refractivity contribution >= 4 is 33.5 Å². The summed E-state index contributed by atoms with van der Waals surface area (Å²) in [6.45, 7) is 1.95. The molecule has 2 atom stereocenters. The maximum absolute atomic E-state index is 13.2. The Balaban J connectivity index is 1.54. The molecule has 1 aliphatic heterocycles. The van der Waals surface area contributed by atoms with E-state index in [0.717, 1.165) is 47.7 Å². The molecular weight excluding hydrogens is 426 g/mol. The first-order valence-electron chi connectivity index (χ1n) is 12.1. The van der Waals surface area contributed by atoms with Crippen molar-refractivity contribution in [1.29, 1.82) is 0 Å². The number of nitrogens with two attached hydrogens (primary N) is 1. The molecule has 0 bridgehead atoms. The van der Waals surface area contributed by atoms with Crippen molar-refractivity contribution in [3.63, 3.8) is 0 Å². The van der Waals surface area contributed by atoms with Crippen molar-refractivity contribution in [3.05, 3.63) is 64.6 Å². The van der Waals surface area contributed by atoms with E-state index in [0.29, 0.717) is 17.1 Å². The van der Waals surface area contributed by atoms with Gasteiger partial charge in [-0.15, -0.1) is 0 Å². The third kappa shape index (κ3) is 3.52. The number of hydrogen-bond donors (Lipinski definition) is 2. The minimum absolute atomic E-state index is 0.0121. The van der Waals surface area contributed by atoms with E-state index in [1.54, 1.807) is 12.1 Å². The number of amides is 1. The fraction of sp³-hybridized carbons (Fsp3) is 0.333. The van der Waals surface area contributed by atoms with Gasteiger partial charge in [0.25, 0.3) is 5.91 Å². The second-order valence-corrected chi connectivity index (χ2v) is 9.59. The number of para-hydroxylation sites is 1. The van der Waals surface area contributed by atoms with Gasteiger partial charge in [-0.1, -0.05) is 31.0 Å². The Kier molecular flexibility index (Phi) is 5.05. The average Bonchev–Trinajstić information content (AvgIpc) is 3.19. The average molecular weight is 454 g/mol. The van der Waals surface area contributed by atoms with Crippen molar-refractivity contribution in [2.75, 3.05) is 18.0 Å². The number of aromatic nitrogens is 3. The number of anilines is 1. The minimum Gasteiger partial charge on any atom is -0.364 e. The summed E-state index contributed by atoms with van der Waals surface area (Å²) in [7, 11) is 0.